The van der Waals surface area contributed by atoms with E-state index >= 15 is 0 Å². The predicted octanol–water partition coefficient (Wildman–Crippen LogP) is 4.54. The number of aryl methyl sites for hydroxylation is 1. The van der Waals surface area contributed by atoms with Crippen LogP contribution in [-0.4, -0.2) is 17.5 Å². The van der Waals surface area contributed by atoms with Crippen LogP contribution in [0.1, 0.15) is 25.8 Å². The van der Waals surface area contributed by atoms with Crippen molar-refractivity contribution in [3.8, 4) is 0 Å². The maximum Gasteiger partial charge on any atom is 0.0403 e. The molecule has 1 saturated heterocycles. The molecule has 1 heterocycles. The Bertz CT molecular complexity index is 403. The topological polar surface area (TPSA) is 12.0 Å². The molecule has 0 aliphatic carbocycles. The Morgan fingerprint density at radius 2 is 2.18 bits per heavy atom. The highest BCUT2D eigenvalue weighted by Gasteiger charge is 2.32. The summed E-state index contributed by atoms with van der Waals surface area (Å²) in [6.45, 7) is 6.95. The minimum Gasteiger partial charge on any atom is -0.381 e. The summed E-state index contributed by atoms with van der Waals surface area (Å²) in [6.07, 6.45) is 1.30. The number of benzene rings is 1. The van der Waals surface area contributed by atoms with Gasteiger partial charge in [0.15, 0.2) is 0 Å². The Hall–Kier alpha value is 0.1000. The van der Waals surface area contributed by atoms with Crippen LogP contribution in [0, 0.1) is 15.9 Å². The molecule has 0 amide bonds. The second kappa shape index (κ2) is 5.39. The molecule has 1 atom stereocenters. The van der Waals surface area contributed by atoms with Gasteiger partial charge in [0.2, 0.25) is 0 Å². The molecular formula is C14H20INS. The van der Waals surface area contributed by atoms with Gasteiger partial charge in [0, 0.05) is 21.1 Å². The number of thioether (sulfide) groups is 1. The lowest BCUT2D eigenvalue weighted by Crippen LogP contribution is -2.41. The summed E-state index contributed by atoms with van der Waals surface area (Å²) in [6, 6.07) is 7.22. The molecule has 1 nitrogen and oxygen atoms in total. The van der Waals surface area contributed by atoms with E-state index in [1.807, 2.05) is 0 Å². The van der Waals surface area contributed by atoms with Crippen molar-refractivity contribution < 1.29 is 0 Å². The fraction of sp³-hybridized carbons (Fsp3) is 0.571. The van der Waals surface area contributed by atoms with Crippen LogP contribution >= 0.6 is 34.4 Å². The average molecular weight is 361 g/mol. The second-order valence-corrected chi connectivity index (χ2v) is 7.87. The Kier molecular flexibility index (Phi) is 4.29. The van der Waals surface area contributed by atoms with E-state index in [0.717, 1.165) is 0 Å². The van der Waals surface area contributed by atoms with E-state index in [1.54, 1.807) is 0 Å². The van der Waals surface area contributed by atoms with Crippen molar-refractivity contribution in [2.24, 2.45) is 5.41 Å². The zero-order chi connectivity index (χ0) is 12.5. The highest BCUT2D eigenvalue weighted by molar-refractivity contribution is 14.1. The first-order valence-electron chi connectivity index (χ1n) is 6.09. The lowest BCUT2D eigenvalue weighted by molar-refractivity contribution is 0.305. The zero-order valence-corrected chi connectivity index (χ0v) is 13.7. The normalized spacial score (nSPS) is 23.4. The highest BCUT2D eigenvalue weighted by atomic mass is 127. The van der Waals surface area contributed by atoms with E-state index in [4.69, 9.17) is 0 Å². The van der Waals surface area contributed by atoms with Crippen LogP contribution in [0.4, 0.5) is 5.69 Å². The predicted molar refractivity (Wildman–Crippen MR) is 87.0 cm³/mol. The van der Waals surface area contributed by atoms with E-state index in [-0.39, 0.29) is 0 Å². The quantitative estimate of drug-likeness (QED) is 0.776. The summed E-state index contributed by atoms with van der Waals surface area (Å²) in [4.78, 5) is 0. The molecular weight excluding hydrogens is 341 g/mol. The molecule has 0 spiro atoms. The number of hydrogen-bond acceptors (Lipinski definition) is 2. The van der Waals surface area contributed by atoms with Crippen molar-refractivity contribution >= 4 is 40.0 Å². The maximum atomic E-state index is 3.74. The van der Waals surface area contributed by atoms with Gasteiger partial charge in [-0.05, 0) is 70.9 Å². The molecule has 1 aliphatic heterocycles. The van der Waals surface area contributed by atoms with Crippen LogP contribution in [0.2, 0.25) is 0 Å². The van der Waals surface area contributed by atoms with Gasteiger partial charge in [0.05, 0.1) is 0 Å². The Morgan fingerprint density at radius 1 is 1.41 bits per heavy atom. The summed E-state index contributed by atoms with van der Waals surface area (Å²) < 4.78 is 1.31. The van der Waals surface area contributed by atoms with Gasteiger partial charge in [0.1, 0.15) is 0 Å². The highest BCUT2D eigenvalue weighted by Crippen LogP contribution is 2.36. The third-order valence-corrected chi connectivity index (χ3v) is 5.37. The van der Waals surface area contributed by atoms with Crippen LogP contribution in [0.5, 0.6) is 0 Å². The molecule has 0 aromatic heterocycles. The number of anilines is 1. The lowest BCUT2D eigenvalue weighted by atomic mass is 9.82. The van der Waals surface area contributed by atoms with Crippen LogP contribution in [0.15, 0.2) is 18.2 Å². The maximum absolute atomic E-state index is 3.74. The minimum atomic E-state index is 0.403. The van der Waals surface area contributed by atoms with Gasteiger partial charge in [-0.1, -0.05) is 13.8 Å². The second-order valence-electron chi connectivity index (χ2n) is 5.47. The molecule has 1 N–H and O–H groups in total. The van der Waals surface area contributed by atoms with Crippen molar-refractivity contribution in [1.29, 1.82) is 0 Å². The molecule has 3 heteroatoms. The molecule has 0 radical (unpaired) electrons. The van der Waals surface area contributed by atoms with Crippen LogP contribution in [-0.2, 0) is 0 Å². The van der Waals surface area contributed by atoms with Crippen molar-refractivity contribution in [3.05, 3.63) is 27.3 Å². The molecule has 94 valence electrons. The van der Waals surface area contributed by atoms with Crippen LogP contribution < -0.4 is 5.32 Å². The van der Waals surface area contributed by atoms with E-state index in [2.05, 4.69) is 78.6 Å². The van der Waals surface area contributed by atoms with Crippen molar-refractivity contribution in [3.63, 3.8) is 0 Å². The van der Waals surface area contributed by atoms with E-state index in [1.165, 1.54) is 32.7 Å². The molecule has 0 bridgehead atoms. The summed E-state index contributed by atoms with van der Waals surface area (Å²) in [5.41, 5.74) is 3.05. The molecule has 2 rings (SSSR count). The van der Waals surface area contributed by atoms with Gasteiger partial charge in [-0.15, -0.1) is 0 Å². The zero-order valence-electron chi connectivity index (χ0n) is 10.7. The van der Waals surface area contributed by atoms with E-state index in [9.17, 15) is 0 Å². The lowest BCUT2D eigenvalue weighted by Gasteiger charge is -2.39. The van der Waals surface area contributed by atoms with Gasteiger partial charge in [-0.25, -0.2) is 0 Å². The summed E-state index contributed by atoms with van der Waals surface area (Å²) in [5, 5.41) is 3.74. The first kappa shape index (κ1) is 13.5. The Morgan fingerprint density at radius 3 is 2.82 bits per heavy atom. The van der Waals surface area contributed by atoms with Gasteiger partial charge in [0.25, 0.3) is 0 Å². The molecule has 1 aliphatic rings. The first-order chi connectivity index (χ1) is 7.99. The molecule has 17 heavy (non-hydrogen) atoms. The molecule has 1 aromatic rings. The average Bonchev–Trinajstić information content (AvgIpc) is 2.24. The third kappa shape index (κ3) is 3.31. The number of hydrogen-bond donors (Lipinski definition) is 1. The van der Waals surface area contributed by atoms with Crippen molar-refractivity contribution in [1.82, 2.24) is 0 Å². The number of halogens is 1. The Balaban J connectivity index is 2.14. The fourth-order valence-electron chi connectivity index (χ4n) is 2.15. The van der Waals surface area contributed by atoms with Crippen LogP contribution in [0.3, 0.4) is 0 Å². The van der Waals surface area contributed by atoms with E-state index < -0.39 is 0 Å². The molecule has 1 aromatic carbocycles. The third-order valence-electron chi connectivity index (χ3n) is 3.64. The smallest absolute Gasteiger partial charge is 0.0403 e. The van der Waals surface area contributed by atoms with Gasteiger partial charge in [-0.2, -0.15) is 11.8 Å². The largest absolute Gasteiger partial charge is 0.381 e. The molecule has 1 fully saturated rings. The fourth-order valence-corrected chi connectivity index (χ4v) is 4.40. The SMILES string of the molecule is Cc1cc(I)ccc1NC1CSCCC1(C)C. The Labute approximate surface area is 122 Å². The minimum absolute atomic E-state index is 0.403. The summed E-state index contributed by atoms with van der Waals surface area (Å²) in [7, 11) is 0. The first-order valence-corrected chi connectivity index (χ1v) is 8.33. The summed E-state index contributed by atoms with van der Waals surface area (Å²) in [5.74, 6) is 2.52. The van der Waals surface area contributed by atoms with Gasteiger partial charge >= 0.3 is 0 Å². The summed E-state index contributed by atoms with van der Waals surface area (Å²) >= 11 is 4.44. The molecule has 1 unspecified atom stereocenters. The standard InChI is InChI=1S/C14H20INS/c1-10-8-11(15)4-5-12(10)16-13-9-17-7-6-14(13,2)3/h4-5,8,13,16H,6-7,9H2,1-3H3. The van der Waals surface area contributed by atoms with Crippen molar-refractivity contribution in [2.75, 3.05) is 16.8 Å². The van der Waals surface area contributed by atoms with Crippen molar-refractivity contribution in [2.45, 2.75) is 33.2 Å². The number of rotatable bonds is 2. The molecule has 0 saturated carbocycles. The monoisotopic (exact) mass is 361 g/mol. The van der Waals surface area contributed by atoms with Gasteiger partial charge in [-0.3, -0.25) is 0 Å². The van der Waals surface area contributed by atoms with Crippen LogP contribution in [0.25, 0.3) is 0 Å². The number of nitrogens with one attached hydrogen (secondary N) is 1. The van der Waals surface area contributed by atoms with E-state index in [0.29, 0.717) is 11.5 Å². The van der Waals surface area contributed by atoms with Gasteiger partial charge < -0.3 is 5.32 Å².